The SMILES string of the molecule is Fc1ccc(COc2ccc(Br)cc2/C=N/Nc2nc(N3CCCCC3)nc(N3CCOCC3)n2)cc1. The second-order valence-electron chi connectivity index (χ2n) is 8.87. The number of aromatic nitrogens is 3. The van der Waals surface area contributed by atoms with E-state index >= 15 is 0 Å². The van der Waals surface area contributed by atoms with Crippen LogP contribution < -0.4 is 20.0 Å². The summed E-state index contributed by atoms with van der Waals surface area (Å²) in [6.07, 6.45) is 5.15. The van der Waals surface area contributed by atoms with Crippen molar-refractivity contribution in [3.05, 3.63) is 63.9 Å². The monoisotopic (exact) mass is 569 g/mol. The molecule has 194 valence electrons. The predicted octanol–water partition coefficient (Wildman–Crippen LogP) is 4.63. The molecule has 3 aromatic rings. The van der Waals surface area contributed by atoms with Gasteiger partial charge in [-0.2, -0.15) is 20.1 Å². The van der Waals surface area contributed by atoms with Gasteiger partial charge >= 0.3 is 0 Å². The van der Waals surface area contributed by atoms with Crippen LogP contribution in [0.4, 0.5) is 22.2 Å². The molecule has 9 nitrogen and oxygen atoms in total. The molecule has 2 saturated heterocycles. The van der Waals surface area contributed by atoms with Gasteiger partial charge in [0.15, 0.2) is 0 Å². The Balaban J connectivity index is 1.33. The summed E-state index contributed by atoms with van der Waals surface area (Å²) in [6, 6.07) is 11.9. The number of ether oxygens (including phenoxy) is 2. The first-order chi connectivity index (χ1) is 18.1. The van der Waals surface area contributed by atoms with Crippen LogP contribution in [0, 0.1) is 5.82 Å². The van der Waals surface area contributed by atoms with Gasteiger partial charge in [-0.15, -0.1) is 0 Å². The van der Waals surface area contributed by atoms with Crippen molar-refractivity contribution < 1.29 is 13.9 Å². The highest BCUT2D eigenvalue weighted by Gasteiger charge is 2.20. The minimum Gasteiger partial charge on any atom is -0.488 e. The Morgan fingerprint density at radius 2 is 1.65 bits per heavy atom. The molecule has 2 aromatic carbocycles. The van der Waals surface area contributed by atoms with Crippen LogP contribution in [0.3, 0.4) is 0 Å². The van der Waals surface area contributed by atoms with E-state index in [9.17, 15) is 4.39 Å². The van der Waals surface area contributed by atoms with Gasteiger partial charge in [0.25, 0.3) is 0 Å². The van der Waals surface area contributed by atoms with E-state index in [4.69, 9.17) is 14.5 Å². The topological polar surface area (TPSA) is 88.0 Å². The van der Waals surface area contributed by atoms with Crippen molar-refractivity contribution in [2.75, 3.05) is 54.6 Å². The second kappa shape index (κ2) is 12.3. The molecule has 2 aliphatic heterocycles. The number of hydrogen-bond donors (Lipinski definition) is 1. The van der Waals surface area contributed by atoms with Crippen molar-refractivity contribution in [3.8, 4) is 5.75 Å². The molecule has 3 heterocycles. The first kappa shape index (κ1) is 25.3. The fourth-order valence-corrected chi connectivity index (χ4v) is 4.58. The van der Waals surface area contributed by atoms with Gasteiger partial charge in [-0.1, -0.05) is 28.1 Å². The zero-order chi connectivity index (χ0) is 25.5. The van der Waals surface area contributed by atoms with Gasteiger partial charge in [0.1, 0.15) is 18.2 Å². The summed E-state index contributed by atoms with van der Waals surface area (Å²) in [4.78, 5) is 18.4. The molecule has 0 spiro atoms. The first-order valence-electron chi connectivity index (χ1n) is 12.4. The maximum atomic E-state index is 13.2. The largest absolute Gasteiger partial charge is 0.488 e. The minimum absolute atomic E-state index is 0.273. The van der Waals surface area contributed by atoms with E-state index in [0.29, 0.717) is 43.4 Å². The van der Waals surface area contributed by atoms with Gasteiger partial charge in [0.2, 0.25) is 17.8 Å². The van der Waals surface area contributed by atoms with Crippen molar-refractivity contribution in [1.29, 1.82) is 0 Å². The van der Waals surface area contributed by atoms with Crippen LogP contribution in [0.2, 0.25) is 0 Å². The third-order valence-corrected chi connectivity index (χ3v) is 6.69. The Kier molecular flexibility index (Phi) is 8.42. The highest BCUT2D eigenvalue weighted by molar-refractivity contribution is 9.10. The summed E-state index contributed by atoms with van der Waals surface area (Å²) in [5.41, 5.74) is 4.63. The van der Waals surface area contributed by atoms with Gasteiger partial charge in [0.05, 0.1) is 19.4 Å². The normalized spacial score (nSPS) is 16.3. The number of piperidine rings is 1. The molecule has 2 fully saturated rings. The van der Waals surface area contributed by atoms with Gasteiger partial charge in [-0.3, -0.25) is 0 Å². The molecule has 0 saturated carbocycles. The van der Waals surface area contributed by atoms with E-state index in [-0.39, 0.29) is 5.82 Å². The molecule has 11 heteroatoms. The molecule has 0 amide bonds. The number of hydrogen-bond acceptors (Lipinski definition) is 9. The van der Waals surface area contributed by atoms with Crippen LogP contribution >= 0.6 is 15.9 Å². The lowest BCUT2D eigenvalue weighted by atomic mass is 10.1. The molecular weight excluding hydrogens is 541 g/mol. The number of anilines is 3. The lowest BCUT2D eigenvalue weighted by molar-refractivity contribution is 0.122. The maximum absolute atomic E-state index is 13.2. The number of rotatable bonds is 8. The zero-order valence-electron chi connectivity index (χ0n) is 20.4. The summed E-state index contributed by atoms with van der Waals surface area (Å²) in [6.45, 7) is 4.94. The molecule has 0 aliphatic carbocycles. The second-order valence-corrected chi connectivity index (χ2v) is 9.79. The summed E-state index contributed by atoms with van der Waals surface area (Å²) < 4.78 is 25.6. The van der Waals surface area contributed by atoms with E-state index in [1.54, 1.807) is 18.3 Å². The Morgan fingerprint density at radius 3 is 2.38 bits per heavy atom. The molecule has 0 bridgehead atoms. The standard InChI is InChI=1S/C26H29BrFN7O2/c27-21-6-9-23(37-18-19-4-7-22(28)8-5-19)20(16-21)17-29-33-24-30-25(34-10-2-1-3-11-34)32-26(31-24)35-12-14-36-15-13-35/h4-9,16-17H,1-3,10-15,18H2,(H,30,31,32,33)/b29-17+. The predicted molar refractivity (Wildman–Crippen MR) is 145 cm³/mol. The third kappa shape index (κ3) is 6.92. The number of hydrazone groups is 1. The number of benzene rings is 2. The van der Waals surface area contributed by atoms with Crippen molar-refractivity contribution in [1.82, 2.24) is 15.0 Å². The quantitative estimate of drug-likeness (QED) is 0.310. The number of morpholine rings is 1. The fraction of sp³-hybridized carbons (Fsp3) is 0.385. The van der Waals surface area contributed by atoms with Crippen molar-refractivity contribution in [2.24, 2.45) is 5.10 Å². The Labute approximate surface area is 223 Å². The number of nitrogens with one attached hydrogen (secondary N) is 1. The highest BCUT2D eigenvalue weighted by Crippen LogP contribution is 2.24. The summed E-state index contributed by atoms with van der Waals surface area (Å²) in [5.74, 6) is 2.06. The first-order valence-corrected chi connectivity index (χ1v) is 13.2. The third-order valence-electron chi connectivity index (χ3n) is 6.19. The van der Waals surface area contributed by atoms with Crippen LogP contribution in [-0.4, -0.2) is 60.6 Å². The van der Waals surface area contributed by atoms with E-state index in [1.165, 1.54) is 18.6 Å². The fourth-order valence-electron chi connectivity index (χ4n) is 4.20. The minimum atomic E-state index is -0.273. The average Bonchev–Trinajstić information content (AvgIpc) is 2.94. The van der Waals surface area contributed by atoms with E-state index in [0.717, 1.165) is 54.6 Å². The zero-order valence-corrected chi connectivity index (χ0v) is 22.0. The van der Waals surface area contributed by atoms with Gasteiger partial charge < -0.3 is 19.3 Å². The van der Waals surface area contributed by atoms with Crippen LogP contribution in [0.1, 0.15) is 30.4 Å². The molecule has 0 radical (unpaired) electrons. The molecule has 37 heavy (non-hydrogen) atoms. The molecule has 0 unspecified atom stereocenters. The van der Waals surface area contributed by atoms with E-state index < -0.39 is 0 Å². The number of nitrogens with zero attached hydrogens (tertiary/aromatic N) is 6. The van der Waals surface area contributed by atoms with Gasteiger partial charge in [-0.25, -0.2) is 9.82 Å². The molecule has 0 atom stereocenters. The van der Waals surface area contributed by atoms with Crippen molar-refractivity contribution >= 4 is 40.0 Å². The van der Waals surface area contributed by atoms with Crippen molar-refractivity contribution in [2.45, 2.75) is 25.9 Å². The summed E-state index contributed by atoms with van der Waals surface area (Å²) >= 11 is 3.51. The Hall–Kier alpha value is -3.31. The summed E-state index contributed by atoms with van der Waals surface area (Å²) in [7, 11) is 0. The van der Waals surface area contributed by atoms with E-state index in [2.05, 4.69) is 46.2 Å². The van der Waals surface area contributed by atoms with E-state index in [1.807, 2.05) is 18.2 Å². The highest BCUT2D eigenvalue weighted by atomic mass is 79.9. The van der Waals surface area contributed by atoms with Crippen LogP contribution in [0.25, 0.3) is 0 Å². The molecular formula is C26H29BrFN7O2. The Bertz CT molecular complexity index is 1180. The maximum Gasteiger partial charge on any atom is 0.250 e. The molecule has 1 N–H and O–H groups in total. The average molecular weight is 570 g/mol. The van der Waals surface area contributed by atoms with Gasteiger partial charge in [-0.05, 0) is 55.2 Å². The van der Waals surface area contributed by atoms with Gasteiger partial charge in [0, 0.05) is 36.2 Å². The van der Waals surface area contributed by atoms with Crippen LogP contribution in [0.5, 0.6) is 5.75 Å². The smallest absolute Gasteiger partial charge is 0.250 e. The molecule has 2 aliphatic rings. The Morgan fingerprint density at radius 1 is 0.946 bits per heavy atom. The van der Waals surface area contributed by atoms with Crippen LogP contribution in [-0.2, 0) is 11.3 Å². The lowest BCUT2D eigenvalue weighted by Gasteiger charge is -2.30. The lowest BCUT2D eigenvalue weighted by Crippen LogP contribution is -2.38. The van der Waals surface area contributed by atoms with Crippen LogP contribution in [0.15, 0.2) is 52.0 Å². The van der Waals surface area contributed by atoms with Crippen molar-refractivity contribution in [3.63, 3.8) is 0 Å². The molecule has 1 aromatic heterocycles. The summed E-state index contributed by atoms with van der Waals surface area (Å²) in [5, 5.41) is 4.41. The number of halogens is 2. The molecule has 5 rings (SSSR count).